The number of carbonyl (C=O) groups excluding carboxylic acids is 1. The molecule has 0 spiro atoms. The number of halogens is 2. The molecule has 1 aliphatic carbocycles. The van der Waals surface area contributed by atoms with Gasteiger partial charge in [0.2, 0.25) is 0 Å². The van der Waals surface area contributed by atoms with Crippen LogP contribution >= 0.6 is 0 Å². The van der Waals surface area contributed by atoms with Crippen LogP contribution in [0.5, 0.6) is 0 Å². The molecule has 0 amide bonds. The summed E-state index contributed by atoms with van der Waals surface area (Å²) in [6, 6.07) is 3.74. The van der Waals surface area contributed by atoms with Crippen LogP contribution in [0.1, 0.15) is 37.2 Å². The van der Waals surface area contributed by atoms with E-state index in [0.717, 1.165) is 31.4 Å². The zero-order valence-electron chi connectivity index (χ0n) is 8.30. The molecule has 1 unspecified atom stereocenters. The van der Waals surface area contributed by atoms with Crippen LogP contribution in [0.3, 0.4) is 0 Å². The molecule has 0 radical (unpaired) electrons. The van der Waals surface area contributed by atoms with Gasteiger partial charge in [0.1, 0.15) is 5.78 Å². The van der Waals surface area contributed by atoms with Crippen molar-refractivity contribution in [2.75, 3.05) is 0 Å². The summed E-state index contributed by atoms with van der Waals surface area (Å²) in [7, 11) is 0. The second-order valence-electron chi connectivity index (χ2n) is 3.94. The van der Waals surface area contributed by atoms with Gasteiger partial charge in [-0.25, -0.2) is 8.78 Å². The molecule has 1 saturated carbocycles. The Bertz CT molecular complexity index is 387. The van der Waals surface area contributed by atoms with Gasteiger partial charge in [0.05, 0.1) is 0 Å². The molecule has 0 N–H and O–H groups in total. The van der Waals surface area contributed by atoms with Crippen LogP contribution in [-0.4, -0.2) is 5.78 Å². The first-order chi connectivity index (χ1) is 7.18. The van der Waals surface area contributed by atoms with E-state index in [4.69, 9.17) is 0 Å². The van der Waals surface area contributed by atoms with E-state index in [1.165, 1.54) is 6.07 Å². The highest BCUT2D eigenvalue weighted by Gasteiger charge is 2.24. The molecule has 1 aromatic carbocycles. The highest BCUT2D eigenvalue weighted by atomic mass is 19.2. The third kappa shape index (κ3) is 2.06. The van der Waals surface area contributed by atoms with Gasteiger partial charge in [-0.1, -0.05) is 12.5 Å². The third-order valence-corrected chi connectivity index (χ3v) is 2.90. The average molecular weight is 210 g/mol. The van der Waals surface area contributed by atoms with E-state index in [0.29, 0.717) is 12.0 Å². The summed E-state index contributed by atoms with van der Waals surface area (Å²) in [6.45, 7) is 0. The first-order valence-electron chi connectivity index (χ1n) is 5.16. The van der Waals surface area contributed by atoms with Crippen molar-refractivity contribution in [2.45, 2.75) is 31.6 Å². The number of Topliss-reactive ketones (excluding diaryl/α,β-unsaturated/α-hetero) is 1. The average Bonchev–Trinajstić information content (AvgIpc) is 2.23. The lowest BCUT2D eigenvalue weighted by Crippen LogP contribution is -2.17. The number of hydrogen-bond acceptors (Lipinski definition) is 1. The Balaban J connectivity index is 2.28. The first-order valence-corrected chi connectivity index (χ1v) is 5.16. The number of ketones is 1. The third-order valence-electron chi connectivity index (χ3n) is 2.90. The largest absolute Gasteiger partial charge is 0.299 e. The highest BCUT2D eigenvalue weighted by Crippen LogP contribution is 2.30. The zero-order chi connectivity index (χ0) is 10.8. The summed E-state index contributed by atoms with van der Waals surface area (Å²) in [6.07, 6.45) is 3.21. The second-order valence-corrected chi connectivity index (χ2v) is 3.94. The van der Waals surface area contributed by atoms with Crippen molar-refractivity contribution in [2.24, 2.45) is 0 Å². The molecule has 80 valence electrons. The Morgan fingerprint density at radius 2 is 1.93 bits per heavy atom. The molecule has 1 aromatic rings. The van der Waals surface area contributed by atoms with E-state index in [1.54, 1.807) is 0 Å². The van der Waals surface area contributed by atoms with E-state index >= 15 is 0 Å². The van der Waals surface area contributed by atoms with Crippen molar-refractivity contribution < 1.29 is 13.6 Å². The Hall–Kier alpha value is -1.25. The maximum atomic E-state index is 13.0. The summed E-state index contributed by atoms with van der Waals surface area (Å²) in [5.41, 5.74) is 0.610. The molecule has 2 rings (SSSR count). The molecule has 1 nitrogen and oxygen atoms in total. The molecule has 0 aromatic heterocycles. The monoisotopic (exact) mass is 210 g/mol. The normalized spacial score (nSPS) is 21.7. The van der Waals surface area contributed by atoms with E-state index in [1.807, 2.05) is 0 Å². The molecule has 3 heteroatoms. The minimum absolute atomic E-state index is 0.146. The van der Waals surface area contributed by atoms with Gasteiger partial charge in [-0.05, 0) is 30.5 Å². The van der Waals surface area contributed by atoms with Crippen LogP contribution in [0.25, 0.3) is 0 Å². The fraction of sp³-hybridized carbons (Fsp3) is 0.417. The van der Waals surface area contributed by atoms with Gasteiger partial charge in [0.25, 0.3) is 0 Å². The van der Waals surface area contributed by atoms with Crippen molar-refractivity contribution in [3.63, 3.8) is 0 Å². The molecule has 0 saturated heterocycles. The van der Waals surface area contributed by atoms with Gasteiger partial charge in [-0.2, -0.15) is 0 Å². The molecule has 1 fully saturated rings. The number of carbonyl (C=O) groups is 1. The predicted molar refractivity (Wildman–Crippen MR) is 52.6 cm³/mol. The molecule has 15 heavy (non-hydrogen) atoms. The van der Waals surface area contributed by atoms with Crippen LogP contribution in [0, 0.1) is 11.6 Å². The van der Waals surface area contributed by atoms with Crippen molar-refractivity contribution in [1.29, 1.82) is 0 Å². The smallest absolute Gasteiger partial charge is 0.159 e. The van der Waals surface area contributed by atoms with Crippen LogP contribution < -0.4 is 0 Å². The minimum atomic E-state index is -0.870. The van der Waals surface area contributed by atoms with Gasteiger partial charge in [0.15, 0.2) is 11.6 Å². The Morgan fingerprint density at radius 3 is 2.60 bits per heavy atom. The summed E-state index contributed by atoms with van der Waals surface area (Å²) in [5, 5.41) is 0. The van der Waals surface area contributed by atoms with E-state index < -0.39 is 11.6 Å². The van der Waals surface area contributed by atoms with Crippen LogP contribution in [0.2, 0.25) is 0 Å². The van der Waals surface area contributed by atoms with Gasteiger partial charge in [-0.15, -0.1) is 0 Å². The topological polar surface area (TPSA) is 17.1 Å². The summed E-state index contributed by atoms with van der Waals surface area (Å²) in [4.78, 5) is 11.6. The van der Waals surface area contributed by atoms with Crippen molar-refractivity contribution in [3.05, 3.63) is 35.4 Å². The standard InChI is InChI=1S/C12H12F2O/c13-10-6-5-8(7-11(10)14)9-3-1-2-4-12(9)15/h5-7,9H,1-4H2. The number of benzene rings is 1. The lowest BCUT2D eigenvalue weighted by atomic mass is 9.83. The highest BCUT2D eigenvalue weighted by molar-refractivity contribution is 5.86. The molecular weight excluding hydrogens is 198 g/mol. The summed E-state index contributed by atoms with van der Waals surface area (Å²) >= 11 is 0. The zero-order valence-corrected chi connectivity index (χ0v) is 8.30. The lowest BCUT2D eigenvalue weighted by Gasteiger charge is -2.20. The summed E-state index contributed by atoms with van der Waals surface area (Å²) in [5.74, 6) is -1.81. The Labute approximate surface area is 87.1 Å². The second kappa shape index (κ2) is 4.09. The lowest BCUT2D eigenvalue weighted by molar-refractivity contribution is -0.121. The Morgan fingerprint density at radius 1 is 1.13 bits per heavy atom. The molecule has 0 bridgehead atoms. The predicted octanol–water partition coefficient (Wildman–Crippen LogP) is 3.19. The molecule has 1 atom stereocenters. The van der Waals surface area contributed by atoms with Crippen molar-refractivity contribution in [1.82, 2.24) is 0 Å². The molecular formula is C12H12F2O. The van der Waals surface area contributed by atoms with Crippen LogP contribution in [0.15, 0.2) is 18.2 Å². The van der Waals surface area contributed by atoms with Gasteiger partial charge < -0.3 is 0 Å². The number of hydrogen-bond donors (Lipinski definition) is 0. The quantitative estimate of drug-likeness (QED) is 0.695. The maximum Gasteiger partial charge on any atom is 0.159 e. The van der Waals surface area contributed by atoms with Crippen LogP contribution in [-0.2, 0) is 4.79 Å². The van der Waals surface area contributed by atoms with E-state index in [9.17, 15) is 13.6 Å². The molecule has 0 aliphatic heterocycles. The fourth-order valence-corrected chi connectivity index (χ4v) is 2.06. The van der Waals surface area contributed by atoms with Crippen LogP contribution in [0.4, 0.5) is 8.78 Å². The fourth-order valence-electron chi connectivity index (χ4n) is 2.06. The van der Waals surface area contributed by atoms with Gasteiger partial charge in [0, 0.05) is 12.3 Å². The SMILES string of the molecule is O=C1CCCCC1c1ccc(F)c(F)c1. The molecule has 0 heterocycles. The summed E-state index contributed by atoms with van der Waals surface area (Å²) < 4.78 is 25.7. The first kappa shape index (κ1) is 10.3. The van der Waals surface area contributed by atoms with Gasteiger partial charge in [-0.3, -0.25) is 4.79 Å². The van der Waals surface area contributed by atoms with E-state index in [2.05, 4.69) is 0 Å². The number of rotatable bonds is 1. The van der Waals surface area contributed by atoms with Crippen molar-refractivity contribution >= 4 is 5.78 Å². The maximum absolute atomic E-state index is 13.0. The molecule has 1 aliphatic rings. The van der Waals surface area contributed by atoms with Crippen molar-refractivity contribution in [3.8, 4) is 0 Å². The van der Waals surface area contributed by atoms with E-state index in [-0.39, 0.29) is 11.7 Å². The van der Waals surface area contributed by atoms with Gasteiger partial charge >= 0.3 is 0 Å². The Kier molecular flexibility index (Phi) is 2.80. The minimum Gasteiger partial charge on any atom is -0.299 e.